The van der Waals surface area contributed by atoms with Crippen molar-refractivity contribution in [1.82, 2.24) is 9.55 Å². The SMILES string of the molecule is COc1ccnc2cc(CN)n(C)c12. The average Bonchev–Trinajstić information content (AvgIpc) is 2.55. The minimum absolute atomic E-state index is 0.510. The van der Waals surface area contributed by atoms with Crippen molar-refractivity contribution in [3.63, 3.8) is 0 Å². The van der Waals surface area contributed by atoms with Crippen LogP contribution in [-0.2, 0) is 13.6 Å². The van der Waals surface area contributed by atoms with Crippen LogP contribution in [0.2, 0.25) is 0 Å². The van der Waals surface area contributed by atoms with Gasteiger partial charge in [-0.05, 0) is 6.07 Å². The lowest BCUT2D eigenvalue weighted by Gasteiger charge is -2.05. The molecule has 2 aromatic rings. The number of rotatable bonds is 2. The maximum atomic E-state index is 5.62. The summed E-state index contributed by atoms with van der Waals surface area (Å²) in [5, 5.41) is 0. The summed E-state index contributed by atoms with van der Waals surface area (Å²) >= 11 is 0. The highest BCUT2D eigenvalue weighted by molar-refractivity contribution is 5.83. The van der Waals surface area contributed by atoms with Crippen LogP contribution in [0.1, 0.15) is 5.69 Å². The van der Waals surface area contributed by atoms with Crippen molar-refractivity contribution in [3.05, 3.63) is 24.0 Å². The molecule has 0 bridgehead atoms. The molecule has 74 valence electrons. The van der Waals surface area contributed by atoms with E-state index in [1.54, 1.807) is 13.3 Å². The summed E-state index contributed by atoms with van der Waals surface area (Å²) in [7, 11) is 3.62. The van der Waals surface area contributed by atoms with Gasteiger partial charge in [0.2, 0.25) is 0 Å². The van der Waals surface area contributed by atoms with Gasteiger partial charge in [0.1, 0.15) is 11.3 Å². The Morgan fingerprint density at radius 2 is 2.36 bits per heavy atom. The van der Waals surface area contributed by atoms with E-state index in [-0.39, 0.29) is 0 Å². The zero-order valence-corrected chi connectivity index (χ0v) is 8.32. The molecule has 0 radical (unpaired) electrons. The Kier molecular flexibility index (Phi) is 2.13. The number of pyridine rings is 1. The molecule has 0 spiro atoms. The number of nitrogens with zero attached hydrogens (tertiary/aromatic N) is 2. The minimum atomic E-state index is 0.510. The molecule has 2 heterocycles. The first-order valence-electron chi connectivity index (χ1n) is 4.45. The third-order valence-corrected chi connectivity index (χ3v) is 2.41. The first-order chi connectivity index (χ1) is 6.77. The van der Waals surface area contributed by atoms with E-state index in [0.29, 0.717) is 6.54 Å². The van der Waals surface area contributed by atoms with Crippen LogP contribution in [0.15, 0.2) is 18.3 Å². The minimum Gasteiger partial charge on any atom is -0.494 e. The number of ether oxygens (including phenoxy) is 1. The van der Waals surface area contributed by atoms with E-state index in [0.717, 1.165) is 22.5 Å². The lowest BCUT2D eigenvalue weighted by Crippen LogP contribution is -2.03. The van der Waals surface area contributed by atoms with Gasteiger partial charge in [-0.15, -0.1) is 0 Å². The molecule has 2 rings (SSSR count). The zero-order valence-electron chi connectivity index (χ0n) is 8.32. The summed E-state index contributed by atoms with van der Waals surface area (Å²) in [5.41, 5.74) is 8.59. The maximum Gasteiger partial charge on any atom is 0.146 e. The van der Waals surface area contributed by atoms with Gasteiger partial charge in [0, 0.05) is 31.5 Å². The van der Waals surface area contributed by atoms with E-state index in [1.165, 1.54) is 0 Å². The fourth-order valence-corrected chi connectivity index (χ4v) is 1.65. The van der Waals surface area contributed by atoms with E-state index >= 15 is 0 Å². The van der Waals surface area contributed by atoms with Crippen LogP contribution in [-0.4, -0.2) is 16.7 Å². The Morgan fingerprint density at radius 3 is 3.00 bits per heavy atom. The second kappa shape index (κ2) is 3.31. The molecule has 2 N–H and O–H groups in total. The van der Waals surface area contributed by atoms with Crippen LogP contribution in [0.5, 0.6) is 5.75 Å². The smallest absolute Gasteiger partial charge is 0.146 e. The van der Waals surface area contributed by atoms with Gasteiger partial charge in [0.15, 0.2) is 0 Å². The monoisotopic (exact) mass is 191 g/mol. The number of methoxy groups -OCH3 is 1. The summed E-state index contributed by atoms with van der Waals surface area (Å²) in [4.78, 5) is 4.26. The van der Waals surface area contributed by atoms with Crippen molar-refractivity contribution < 1.29 is 4.74 Å². The Bertz CT molecular complexity index is 462. The molecular weight excluding hydrogens is 178 g/mol. The van der Waals surface area contributed by atoms with Crippen LogP contribution < -0.4 is 10.5 Å². The molecule has 0 aliphatic carbocycles. The molecule has 0 aliphatic rings. The van der Waals surface area contributed by atoms with Crippen LogP contribution in [0.3, 0.4) is 0 Å². The predicted octanol–water partition coefficient (Wildman–Crippen LogP) is 1.04. The van der Waals surface area contributed by atoms with Crippen molar-refractivity contribution in [2.75, 3.05) is 7.11 Å². The Morgan fingerprint density at radius 1 is 1.57 bits per heavy atom. The highest BCUT2D eigenvalue weighted by atomic mass is 16.5. The van der Waals surface area contributed by atoms with Crippen molar-refractivity contribution in [2.24, 2.45) is 12.8 Å². The largest absolute Gasteiger partial charge is 0.494 e. The molecule has 14 heavy (non-hydrogen) atoms. The molecule has 2 aromatic heterocycles. The number of hydrogen-bond acceptors (Lipinski definition) is 3. The number of aryl methyl sites for hydroxylation is 1. The van der Waals surface area contributed by atoms with Gasteiger partial charge in [-0.3, -0.25) is 4.98 Å². The topological polar surface area (TPSA) is 53.1 Å². The molecule has 0 aliphatic heterocycles. The first-order valence-corrected chi connectivity index (χ1v) is 4.45. The second-order valence-electron chi connectivity index (χ2n) is 3.15. The Labute approximate surface area is 82.3 Å². The normalized spacial score (nSPS) is 10.8. The third kappa shape index (κ3) is 1.15. The van der Waals surface area contributed by atoms with Gasteiger partial charge >= 0.3 is 0 Å². The van der Waals surface area contributed by atoms with Crippen LogP contribution in [0.4, 0.5) is 0 Å². The van der Waals surface area contributed by atoms with E-state index in [4.69, 9.17) is 10.5 Å². The summed E-state index contributed by atoms with van der Waals surface area (Å²) in [5.74, 6) is 0.831. The van der Waals surface area contributed by atoms with Crippen LogP contribution in [0, 0.1) is 0 Å². The summed E-state index contributed by atoms with van der Waals surface area (Å²) in [6.45, 7) is 0.510. The van der Waals surface area contributed by atoms with Gasteiger partial charge in [-0.25, -0.2) is 0 Å². The third-order valence-electron chi connectivity index (χ3n) is 2.41. The lowest BCUT2D eigenvalue weighted by molar-refractivity contribution is 0.417. The summed E-state index contributed by atoms with van der Waals surface area (Å²) in [6, 6.07) is 3.83. The fraction of sp³-hybridized carbons (Fsp3) is 0.300. The standard InChI is InChI=1S/C10H13N3O/c1-13-7(6-11)5-8-10(13)9(14-2)3-4-12-8/h3-5H,6,11H2,1-2H3. The molecule has 0 saturated carbocycles. The quantitative estimate of drug-likeness (QED) is 0.771. The van der Waals surface area contributed by atoms with Crippen LogP contribution >= 0.6 is 0 Å². The second-order valence-corrected chi connectivity index (χ2v) is 3.15. The first kappa shape index (κ1) is 9.02. The maximum absolute atomic E-state index is 5.62. The number of fused-ring (bicyclic) bond motifs is 1. The van der Waals surface area contributed by atoms with Crippen molar-refractivity contribution >= 4 is 11.0 Å². The molecule has 0 saturated heterocycles. The van der Waals surface area contributed by atoms with Crippen LogP contribution in [0.25, 0.3) is 11.0 Å². The molecule has 0 unspecified atom stereocenters. The van der Waals surface area contributed by atoms with Gasteiger partial charge in [0.25, 0.3) is 0 Å². The molecule has 4 heteroatoms. The summed E-state index contributed by atoms with van der Waals surface area (Å²) < 4.78 is 7.28. The molecule has 4 nitrogen and oxygen atoms in total. The van der Waals surface area contributed by atoms with E-state index < -0.39 is 0 Å². The number of aromatic nitrogens is 2. The van der Waals surface area contributed by atoms with Crippen molar-refractivity contribution in [2.45, 2.75) is 6.54 Å². The van der Waals surface area contributed by atoms with Crippen molar-refractivity contribution in [3.8, 4) is 5.75 Å². The van der Waals surface area contributed by atoms with Gasteiger partial charge in [0.05, 0.1) is 12.6 Å². The number of nitrogens with two attached hydrogens (primary N) is 1. The molecule has 0 amide bonds. The van der Waals surface area contributed by atoms with Gasteiger partial charge in [-0.1, -0.05) is 0 Å². The molecule has 0 fully saturated rings. The Balaban J connectivity index is 2.79. The molecular formula is C10H13N3O. The predicted molar refractivity (Wildman–Crippen MR) is 55.2 cm³/mol. The van der Waals surface area contributed by atoms with E-state index in [1.807, 2.05) is 23.7 Å². The summed E-state index contributed by atoms with van der Waals surface area (Å²) in [6.07, 6.45) is 1.74. The van der Waals surface area contributed by atoms with E-state index in [2.05, 4.69) is 4.98 Å². The van der Waals surface area contributed by atoms with E-state index in [9.17, 15) is 0 Å². The van der Waals surface area contributed by atoms with Crippen molar-refractivity contribution in [1.29, 1.82) is 0 Å². The Hall–Kier alpha value is -1.55. The zero-order chi connectivity index (χ0) is 10.1. The average molecular weight is 191 g/mol. The highest BCUT2D eigenvalue weighted by Crippen LogP contribution is 2.25. The highest BCUT2D eigenvalue weighted by Gasteiger charge is 2.09. The number of hydrogen-bond donors (Lipinski definition) is 1. The van der Waals surface area contributed by atoms with Gasteiger partial charge in [-0.2, -0.15) is 0 Å². The lowest BCUT2D eigenvalue weighted by atomic mass is 10.3. The molecule has 0 atom stereocenters. The molecule has 0 aromatic carbocycles. The fourth-order valence-electron chi connectivity index (χ4n) is 1.65. The van der Waals surface area contributed by atoms with Gasteiger partial charge < -0.3 is 15.0 Å².